The van der Waals surface area contributed by atoms with Crippen molar-refractivity contribution in [1.82, 2.24) is 4.90 Å². The monoisotopic (exact) mass is 321 g/mol. The van der Waals surface area contributed by atoms with Gasteiger partial charge in [-0.3, -0.25) is 4.90 Å². The molecule has 0 saturated heterocycles. The van der Waals surface area contributed by atoms with Gasteiger partial charge in [0.1, 0.15) is 0 Å². The first-order chi connectivity index (χ1) is 10.2. The van der Waals surface area contributed by atoms with Crippen LogP contribution in [-0.2, 0) is 6.54 Å². The molecule has 0 amide bonds. The van der Waals surface area contributed by atoms with E-state index in [0.717, 1.165) is 25.1 Å². The molecule has 2 nitrogen and oxygen atoms in total. The average molecular weight is 322 g/mol. The number of thiophene rings is 1. The molecule has 1 aliphatic carbocycles. The Morgan fingerprint density at radius 3 is 2.71 bits per heavy atom. The summed E-state index contributed by atoms with van der Waals surface area (Å²) in [7, 11) is 0. The molecule has 1 saturated carbocycles. The topological polar surface area (TPSA) is 23.5 Å². The number of halogens is 1. The molecule has 4 heteroatoms. The van der Waals surface area contributed by atoms with Crippen molar-refractivity contribution in [3.05, 3.63) is 57.2 Å². The Morgan fingerprint density at radius 1 is 1.24 bits per heavy atom. The van der Waals surface area contributed by atoms with Crippen LogP contribution in [0.1, 0.15) is 35.8 Å². The lowest BCUT2D eigenvalue weighted by atomic mass is 10.1. The first-order valence-electron chi connectivity index (χ1n) is 7.43. The van der Waals surface area contributed by atoms with Crippen LogP contribution in [0, 0.1) is 0 Å². The zero-order valence-electron chi connectivity index (χ0n) is 11.9. The van der Waals surface area contributed by atoms with Crippen LogP contribution in [0.25, 0.3) is 0 Å². The van der Waals surface area contributed by atoms with E-state index in [2.05, 4.69) is 22.4 Å². The van der Waals surface area contributed by atoms with Gasteiger partial charge in [0, 0.05) is 29.0 Å². The minimum absolute atomic E-state index is 0.483. The highest BCUT2D eigenvalue weighted by molar-refractivity contribution is 7.09. The fourth-order valence-electron chi connectivity index (χ4n) is 2.62. The maximum absolute atomic E-state index is 10.4. The van der Waals surface area contributed by atoms with Gasteiger partial charge in [-0.2, -0.15) is 0 Å². The lowest BCUT2D eigenvalue weighted by Gasteiger charge is -2.23. The second-order valence-corrected chi connectivity index (χ2v) is 7.05. The summed E-state index contributed by atoms with van der Waals surface area (Å²) in [6.07, 6.45) is 2.82. The average Bonchev–Trinajstić information content (AvgIpc) is 3.21. The van der Waals surface area contributed by atoms with E-state index in [4.69, 9.17) is 11.6 Å². The molecule has 0 radical (unpaired) electrons. The molecular formula is C17H20ClNOS. The molecule has 1 fully saturated rings. The first kappa shape index (κ1) is 15.0. The molecule has 0 bridgehead atoms. The minimum atomic E-state index is -0.483. The highest BCUT2D eigenvalue weighted by Crippen LogP contribution is 2.31. The van der Waals surface area contributed by atoms with Gasteiger partial charge in [-0.05, 0) is 42.3 Å². The Kier molecular flexibility index (Phi) is 4.96. The molecule has 1 N–H and O–H groups in total. The standard InChI is InChI=1S/C17H20ClNOS/c18-16-6-2-1-5-15(16)17(20)9-10-19(13-7-8-13)12-14-4-3-11-21-14/h1-6,11,13,17,20H,7-10,12H2. The van der Waals surface area contributed by atoms with Crippen LogP contribution >= 0.6 is 22.9 Å². The van der Waals surface area contributed by atoms with Gasteiger partial charge in [-0.1, -0.05) is 35.9 Å². The van der Waals surface area contributed by atoms with E-state index in [1.165, 1.54) is 17.7 Å². The SMILES string of the molecule is OC(CCN(Cc1cccs1)C1CC1)c1ccccc1Cl. The summed E-state index contributed by atoms with van der Waals surface area (Å²) in [5, 5.41) is 13.1. The van der Waals surface area contributed by atoms with Gasteiger partial charge < -0.3 is 5.11 Å². The number of hydrogen-bond acceptors (Lipinski definition) is 3. The van der Waals surface area contributed by atoms with Crippen LogP contribution in [0.2, 0.25) is 5.02 Å². The van der Waals surface area contributed by atoms with Crippen molar-refractivity contribution in [2.45, 2.75) is 38.0 Å². The third-order valence-electron chi connectivity index (χ3n) is 3.96. The Balaban J connectivity index is 1.58. The summed E-state index contributed by atoms with van der Waals surface area (Å²) in [6.45, 7) is 1.91. The minimum Gasteiger partial charge on any atom is -0.388 e. The van der Waals surface area contributed by atoms with Gasteiger partial charge in [-0.25, -0.2) is 0 Å². The Labute approximate surface area is 135 Å². The van der Waals surface area contributed by atoms with Gasteiger partial charge in [0.2, 0.25) is 0 Å². The molecule has 0 aliphatic heterocycles. The van der Waals surface area contributed by atoms with Crippen LogP contribution in [0.4, 0.5) is 0 Å². The van der Waals surface area contributed by atoms with Crippen LogP contribution in [0.5, 0.6) is 0 Å². The Hall–Kier alpha value is -0.870. The molecule has 1 unspecified atom stereocenters. The van der Waals surface area contributed by atoms with E-state index in [1.54, 1.807) is 11.3 Å². The molecule has 1 aliphatic rings. The van der Waals surface area contributed by atoms with Gasteiger partial charge in [-0.15, -0.1) is 11.3 Å². The molecule has 2 aromatic rings. The van der Waals surface area contributed by atoms with Crippen LogP contribution < -0.4 is 0 Å². The van der Waals surface area contributed by atoms with Crippen molar-refractivity contribution in [3.63, 3.8) is 0 Å². The highest BCUT2D eigenvalue weighted by atomic mass is 35.5. The molecule has 1 atom stereocenters. The number of rotatable bonds is 7. The first-order valence-corrected chi connectivity index (χ1v) is 8.68. The summed E-state index contributed by atoms with van der Waals surface area (Å²) in [4.78, 5) is 3.89. The van der Waals surface area contributed by atoms with Crippen LogP contribution in [-0.4, -0.2) is 22.6 Å². The normalized spacial score (nSPS) is 16.3. The third kappa shape index (κ3) is 4.07. The number of aliphatic hydroxyl groups excluding tert-OH is 1. The maximum Gasteiger partial charge on any atom is 0.0816 e. The summed E-state index contributed by atoms with van der Waals surface area (Å²) >= 11 is 7.96. The maximum atomic E-state index is 10.4. The molecule has 1 aromatic heterocycles. The lowest BCUT2D eigenvalue weighted by Crippen LogP contribution is -2.27. The number of benzene rings is 1. The summed E-state index contributed by atoms with van der Waals surface area (Å²) < 4.78 is 0. The molecule has 1 heterocycles. The summed E-state index contributed by atoms with van der Waals surface area (Å²) in [5.74, 6) is 0. The van der Waals surface area contributed by atoms with Crippen molar-refractivity contribution in [2.75, 3.05) is 6.54 Å². The van der Waals surface area contributed by atoms with E-state index in [1.807, 2.05) is 24.3 Å². The van der Waals surface area contributed by atoms with E-state index < -0.39 is 6.10 Å². The second kappa shape index (κ2) is 6.93. The summed E-state index contributed by atoms with van der Waals surface area (Å²) in [6, 6.07) is 12.6. The number of aliphatic hydroxyl groups is 1. The van der Waals surface area contributed by atoms with Crippen molar-refractivity contribution in [1.29, 1.82) is 0 Å². The van der Waals surface area contributed by atoms with Gasteiger partial charge in [0.15, 0.2) is 0 Å². The fraction of sp³-hybridized carbons (Fsp3) is 0.412. The highest BCUT2D eigenvalue weighted by Gasteiger charge is 2.29. The van der Waals surface area contributed by atoms with Crippen molar-refractivity contribution in [3.8, 4) is 0 Å². The van der Waals surface area contributed by atoms with Gasteiger partial charge in [0.25, 0.3) is 0 Å². The fourth-order valence-corrected chi connectivity index (χ4v) is 3.61. The molecule has 21 heavy (non-hydrogen) atoms. The van der Waals surface area contributed by atoms with Crippen LogP contribution in [0.15, 0.2) is 41.8 Å². The smallest absolute Gasteiger partial charge is 0.0816 e. The zero-order chi connectivity index (χ0) is 14.7. The van der Waals surface area contributed by atoms with Crippen molar-refractivity contribution >= 4 is 22.9 Å². The Bertz CT molecular complexity index is 568. The predicted octanol–water partition coefficient (Wildman–Crippen LogP) is 4.49. The van der Waals surface area contributed by atoms with Gasteiger partial charge >= 0.3 is 0 Å². The van der Waals surface area contributed by atoms with E-state index in [-0.39, 0.29) is 0 Å². The number of hydrogen-bond donors (Lipinski definition) is 1. The summed E-state index contributed by atoms with van der Waals surface area (Å²) in [5.41, 5.74) is 0.839. The molecule has 112 valence electrons. The zero-order valence-corrected chi connectivity index (χ0v) is 13.5. The van der Waals surface area contributed by atoms with Crippen LogP contribution in [0.3, 0.4) is 0 Å². The predicted molar refractivity (Wildman–Crippen MR) is 88.8 cm³/mol. The lowest BCUT2D eigenvalue weighted by molar-refractivity contribution is 0.137. The second-order valence-electron chi connectivity index (χ2n) is 5.61. The molecule has 0 spiro atoms. The van der Waals surface area contributed by atoms with Crippen molar-refractivity contribution < 1.29 is 5.11 Å². The molecule has 1 aromatic carbocycles. The number of nitrogens with zero attached hydrogens (tertiary/aromatic N) is 1. The van der Waals surface area contributed by atoms with E-state index in [0.29, 0.717) is 11.1 Å². The van der Waals surface area contributed by atoms with E-state index in [9.17, 15) is 5.11 Å². The Morgan fingerprint density at radius 2 is 2.05 bits per heavy atom. The quantitative estimate of drug-likeness (QED) is 0.812. The van der Waals surface area contributed by atoms with Crippen molar-refractivity contribution in [2.24, 2.45) is 0 Å². The molecular weight excluding hydrogens is 302 g/mol. The van der Waals surface area contributed by atoms with E-state index >= 15 is 0 Å². The molecule has 3 rings (SSSR count). The third-order valence-corrected chi connectivity index (χ3v) is 5.16. The largest absolute Gasteiger partial charge is 0.388 e. The van der Waals surface area contributed by atoms with Gasteiger partial charge in [0.05, 0.1) is 6.10 Å².